The van der Waals surface area contributed by atoms with Gasteiger partial charge in [0, 0.05) is 12.8 Å². The highest BCUT2D eigenvalue weighted by atomic mass is 32.2. The summed E-state index contributed by atoms with van der Waals surface area (Å²) in [4.78, 5) is 12.0. The summed E-state index contributed by atoms with van der Waals surface area (Å²) in [6, 6.07) is 0. The SMILES string of the molecule is CC1CCCC(N)(C(=O)NCCCS(C)(=O)=O)C1. The molecule has 106 valence electrons. The molecule has 1 fully saturated rings. The summed E-state index contributed by atoms with van der Waals surface area (Å²) in [6.07, 6.45) is 5.17. The maximum atomic E-state index is 12.0. The van der Waals surface area contributed by atoms with Gasteiger partial charge in [0.15, 0.2) is 0 Å². The van der Waals surface area contributed by atoms with Crippen LogP contribution in [0, 0.1) is 5.92 Å². The molecule has 0 aromatic carbocycles. The topological polar surface area (TPSA) is 89.3 Å². The Hall–Kier alpha value is -0.620. The Labute approximate surface area is 109 Å². The van der Waals surface area contributed by atoms with Crippen LogP contribution in [0.1, 0.15) is 39.0 Å². The first-order valence-electron chi connectivity index (χ1n) is 6.48. The second-order valence-electron chi connectivity index (χ2n) is 5.60. The molecule has 0 aliphatic heterocycles. The molecule has 1 aliphatic rings. The molecule has 0 aromatic heterocycles. The first-order chi connectivity index (χ1) is 8.23. The highest BCUT2D eigenvalue weighted by Gasteiger charge is 2.37. The quantitative estimate of drug-likeness (QED) is 0.713. The second kappa shape index (κ2) is 6.02. The monoisotopic (exact) mass is 276 g/mol. The minimum Gasteiger partial charge on any atom is -0.354 e. The van der Waals surface area contributed by atoms with Gasteiger partial charge in [-0.15, -0.1) is 0 Å². The number of rotatable bonds is 5. The summed E-state index contributed by atoms with van der Waals surface area (Å²) in [5.74, 6) is 0.439. The van der Waals surface area contributed by atoms with E-state index in [9.17, 15) is 13.2 Å². The number of carbonyl (C=O) groups is 1. The number of nitrogens with one attached hydrogen (secondary N) is 1. The molecule has 0 heterocycles. The Morgan fingerprint density at radius 2 is 2.17 bits per heavy atom. The molecular weight excluding hydrogens is 252 g/mol. The van der Waals surface area contributed by atoms with E-state index in [2.05, 4.69) is 12.2 Å². The van der Waals surface area contributed by atoms with Gasteiger partial charge in [0.05, 0.1) is 11.3 Å². The highest BCUT2D eigenvalue weighted by Crippen LogP contribution is 2.30. The van der Waals surface area contributed by atoms with Crippen LogP contribution in [0.25, 0.3) is 0 Å². The van der Waals surface area contributed by atoms with E-state index in [1.807, 2.05) is 0 Å². The normalized spacial score (nSPS) is 28.9. The largest absolute Gasteiger partial charge is 0.354 e. The van der Waals surface area contributed by atoms with Crippen molar-refractivity contribution < 1.29 is 13.2 Å². The van der Waals surface area contributed by atoms with E-state index in [1.54, 1.807) is 0 Å². The van der Waals surface area contributed by atoms with Crippen molar-refractivity contribution in [1.82, 2.24) is 5.32 Å². The average molecular weight is 276 g/mol. The summed E-state index contributed by atoms with van der Waals surface area (Å²) in [6.45, 7) is 2.48. The number of hydrogen-bond acceptors (Lipinski definition) is 4. The summed E-state index contributed by atoms with van der Waals surface area (Å²) in [5, 5.41) is 2.76. The van der Waals surface area contributed by atoms with Crippen LogP contribution in [0.5, 0.6) is 0 Å². The number of carbonyl (C=O) groups excluding carboxylic acids is 1. The van der Waals surface area contributed by atoms with E-state index >= 15 is 0 Å². The molecule has 0 radical (unpaired) electrons. The van der Waals surface area contributed by atoms with Crippen molar-refractivity contribution in [3.05, 3.63) is 0 Å². The van der Waals surface area contributed by atoms with Crippen molar-refractivity contribution in [3.63, 3.8) is 0 Å². The van der Waals surface area contributed by atoms with Gasteiger partial charge in [0.25, 0.3) is 0 Å². The van der Waals surface area contributed by atoms with Crippen LogP contribution in [-0.2, 0) is 14.6 Å². The zero-order valence-electron chi connectivity index (χ0n) is 11.2. The Bertz CT molecular complexity index is 394. The molecule has 6 heteroatoms. The van der Waals surface area contributed by atoms with E-state index in [0.717, 1.165) is 19.3 Å². The van der Waals surface area contributed by atoms with Crippen molar-refractivity contribution in [2.24, 2.45) is 11.7 Å². The van der Waals surface area contributed by atoms with E-state index in [-0.39, 0.29) is 11.7 Å². The number of hydrogen-bond donors (Lipinski definition) is 2. The molecule has 2 atom stereocenters. The third-order valence-electron chi connectivity index (χ3n) is 3.46. The van der Waals surface area contributed by atoms with Crippen molar-refractivity contribution >= 4 is 15.7 Å². The molecule has 0 bridgehead atoms. The lowest BCUT2D eigenvalue weighted by Gasteiger charge is -2.35. The molecule has 0 spiro atoms. The average Bonchev–Trinajstić information content (AvgIpc) is 2.22. The fourth-order valence-corrected chi connectivity index (χ4v) is 3.18. The van der Waals surface area contributed by atoms with Crippen LogP contribution in [-0.4, -0.2) is 38.4 Å². The van der Waals surface area contributed by atoms with Gasteiger partial charge >= 0.3 is 0 Å². The lowest BCUT2D eigenvalue weighted by molar-refractivity contribution is -0.128. The first kappa shape index (κ1) is 15.4. The van der Waals surface area contributed by atoms with E-state index in [4.69, 9.17) is 5.73 Å². The Balaban J connectivity index is 2.36. The van der Waals surface area contributed by atoms with Crippen molar-refractivity contribution in [2.45, 2.75) is 44.6 Å². The molecule has 5 nitrogen and oxygen atoms in total. The minimum atomic E-state index is -2.95. The van der Waals surface area contributed by atoms with Crippen LogP contribution < -0.4 is 11.1 Å². The van der Waals surface area contributed by atoms with Crippen molar-refractivity contribution in [1.29, 1.82) is 0 Å². The fraction of sp³-hybridized carbons (Fsp3) is 0.917. The van der Waals surface area contributed by atoms with Gasteiger partial charge < -0.3 is 11.1 Å². The second-order valence-corrected chi connectivity index (χ2v) is 7.86. The third-order valence-corrected chi connectivity index (χ3v) is 4.49. The van der Waals surface area contributed by atoms with Gasteiger partial charge in [-0.3, -0.25) is 4.79 Å². The maximum absolute atomic E-state index is 12.0. The lowest BCUT2D eigenvalue weighted by atomic mass is 9.76. The molecule has 1 saturated carbocycles. The van der Waals surface area contributed by atoms with Gasteiger partial charge in [0.2, 0.25) is 5.91 Å². The minimum absolute atomic E-state index is 0.0985. The predicted octanol–water partition coefficient (Wildman–Crippen LogP) is 0.445. The number of amides is 1. The molecule has 1 aliphatic carbocycles. The van der Waals surface area contributed by atoms with Crippen molar-refractivity contribution in [2.75, 3.05) is 18.6 Å². The van der Waals surface area contributed by atoms with E-state index in [0.29, 0.717) is 25.3 Å². The summed E-state index contributed by atoms with van der Waals surface area (Å²) in [5.41, 5.74) is 5.37. The summed E-state index contributed by atoms with van der Waals surface area (Å²) >= 11 is 0. The molecule has 0 aromatic rings. The highest BCUT2D eigenvalue weighted by molar-refractivity contribution is 7.90. The van der Waals surface area contributed by atoms with Gasteiger partial charge in [-0.05, 0) is 25.2 Å². The molecule has 1 rings (SSSR count). The molecule has 1 amide bonds. The zero-order chi connectivity index (χ0) is 13.8. The molecule has 18 heavy (non-hydrogen) atoms. The molecule has 3 N–H and O–H groups in total. The Kier molecular flexibility index (Phi) is 5.16. The summed E-state index contributed by atoms with van der Waals surface area (Å²) < 4.78 is 21.9. The summed E-state index contributed by atoms with van der Waals surface area (Å²) in [7, 11) is -2.95. The number of sulfone groups is 1. The van der Waals surface area contributed by atoms with Crippen LogP contribution in [0.15, 0.2) is 0 Å². The third kappa shape index (κ3) is 4.94. The van der Waals surface area contributed by atoms with Gasteiger partial charge in [0.1, 0.15) is 9.84 Å². The maximum Gasteiger partial charge on any atom is 0.240 e. The molecule has 0 saturated heterocycles. The van der Waals surface area contributed by atoms with Gasteiger partial charge in [-0.25, -0.2) is 8.42 Å². The van der Waals surface area contributed by atoms with Gasteiger partial charge in [-0.2, -0.15) is 0 Å². The van der Waals surface area contributed by atoms with Gasteiger partial charge in [-0.1, -0.05) is 19.8 Å². The van der Waals surface area contributed by atoms with Crippen LogP contribution in [0.3, 0.4) is 0 Å². The predicted molar refractivity (Wildman–Crippen MR) is 71.9 cm³/mol. The first-order valence-corrected chi connectivity index (χ1v) is 8.54. The molecule has 2 unspecified atom stereocenters. The Morgan fingerprint density at radius 1 is 1.50 bits per heavy atom. The van der Waals surface area contributed by atoms with Crippen LogP contribution in [0.4, 0.5) is 0 Å². The van der Waals surface area contributed by atoms with E-state index < -0.39 is 15.4 Å². The lowest BCUT2D eigenvalue weighted by Crippen LogP contribution is -2.56. The van der Waals surface area contributed by atoms with Crippen LogP contribution >= 0.6 is 0 Å². The zero-order valence-corrected chi connectivity index (χ0v) is 12.1. The number of nitrogens with two attached hydrogens (primary N) is 1. The smallest absolute Gasteiger partial charge is 0.240 e. The van der Waals surface area contributed by atoms with Crippen molar-refractivity contribution in [3.8, 4) is 0 Å². The van der Waals surface area contributed by atoms with E-state index in [1.165, 1.54) is 6.26 Å². The standard InChI is InChI=1S/C12H24N2O3S/c1-10-5-3-6-12(13,9-10)11(15)14-7-4-8-18(2,16)17/h10H,3-9,13H2,1-2H3,(H,14,15). The Morgan fingerprint density at radius 3 is 2.72 bits per heavy atom. The molecular formula is C12H24N2O3S. The van der Waals surface area contributed by atoms with Crippen LogP contribution in [0.2, 0.25) is 0 Å². The fourth-order valence-electron chi connectivity index (χ4n) is 2.51.